The van der Waals surface area contributed by atoms with Crippen molar-refractivity contribution in [2.24, 2.45) is 0 Å². The molecular weight excluding hydrogens is 1300 g/mol. The monoisotopic (exact) mass is 1410 g/mol. The minimum absolute atomic E-state index is 0.0467. The highest BCUT2D eigenvalue weighted by Gasteiger charge is 2.50. The minimum Gasteiger partial charge on any atom is -0.444 e. The summed E-state index contributed by atoms with van der Waals surface area (Å²) in [7, 11) is -5.14. The third-order valence-electron chi connectivity index (χ3n) is 16.2. The van der Waals surface area contributed by atoms with Gasteiger partial charge < -0.3 is 57.3 Å². The molecule has 92 heavy (non-hydrogen) atoms. The summed E-state index contributed by atoms with van der Waals surface area (Å²) >= 11 is 3.91. The highest BCUT2D eigenvalue weighted by atomic mass is 79.9. The first-order valence-corrected chi connectivity index (χ1v) is 48.9. The first-order valence-electron chi connectivity index (χ1n) is 33.3. The largest absolute Gasteiger partial charge is 0.486 e. The number of halogens is 1. The fourth-order valence-electron chi connectivity index (χ4n) is 10.1. The van der Waals surface area contributed by atoms with Gasteiger partial charge in [0.15, 0.2) is 17.1 Å². The van der Waals surface area contributed by atoms with Gasteiger partial charge in [0.25, 0.3) is 0 Å². The standard InChI is InChI=1S/C30H53N5O4Si2.C28H50BrN5O4Si2.C8H15BO2/c1-11-25-27(24-13-12-16-33(21-24)29(36)39-30(2,3)4)32-26-14-15-31-35(26)28(25)34(22-37-17-19-40(5,6)7)23-38-18-20-41(8,9)10;1-28(2,3)38-27(35)32-14-10-11-22(19-32)25-24(29)26(34-23(31-25)12-13-30-34)33(20-36-15-17-39(4,5)6)21-37-16-18-40(7,8)9;1-6-9-10-7(2,3)8(4,5)11-9/h11,14-15,24H,1,12-13,16-23H2,2-10H3;12-13,22H,10-11,14-21H2,1-9H3;6H,1H2,2-5H3. The van der Waals surface area contributed by atoms with Gasteiger partial charge in [-0.25, -0.2) is 19.6 Å². The third-order valence-corrected chi connectivity index (χ3v) is 23.8. The van der Waals surface area contributed by atoms with Crippen molar-refractivity contribution in [1.82, 2.24) is 39.0 Å². The second-order valence-electron chi connectivity index (χ2n) is 32.6. The molecule has 0 aromatic carbocycles. The van der Waals surface area contributed by atoms with Crippen LogP contribution in [0.2, 0.25) is 103 Å². The molecule has 2 amide bonds. The van der Waals surface area contributed by atoms with Gasteiger partial charge in [-0.1, -0.05) is 97.2 Å². The van der Waals surface area contributed by atoms with Crippen LogP contribution in [-0.2, 0) is 37.7 Å². The van der Waals surface area contributed by atoms with Gasteiger partial charge in [-0.3, -0.25) is 0 Å². The Morgan fingerprint density at radius 3 is 1.29 bits per heavy atom. The van der Waals surface area contributed by atoms with E-state index in [0.29, 0.717) is 79.5 Å². The van der Waals surface area contributed by atoms with Gasteiger partial charge in [-0.15, -0.1) is 6.58 Å². The zero-order valence-electron chi connectivity index (χ0n) is 60.7. The van der Waals surface area contributed by atoms with E-state index in [2.05, 4.69) is 128 Å². The molecule has 518 valence electrons. The summed E-state index contributed by atoms with van der Waals surface area (Å²) in [5.74, 6) is 3.51. The van der Waals surface area contributed by atoms with Crippen LogP contribution < -0.4 is 9.80 Å². The Morgan fingerprint density at radius 1 is 0.609 bits per heavy atom. The first kappa shape index (κ1) is 78.7. The normalized spacial score (nSPS) is 18.1. The number of piperidine rings is 2. The van der Waals surface area contributed by atoms with Crippen molar-refractivity contribution in [3.05, 3.63) is 65.1 Å². The number of hydrogen-bond acceptors (Lipinski definition) is 16. The highest BCUT2D eigenvalue weighted by Crippen LogP contribution is 2.40. The van der Waals surface area contributed by atoms with E-state index in [-0.39, 0.29) is 42.3 Å². The number of nitrogens with zero attached hydrogens (tertiary/aromatic N) is 10. The maximum absolute atomic E-state index is 12.9. The summed E-state index contributed by atoms with van der Waals surface area (Å²) in [5, 5.41) is 9.24. The van der Waals surface area contributed by atoms with Gasteiger partial charge in [0.05, 0.1) is 39.5 Å². The Kier molecular flexibility index (Phi) is 28.5. The molecule has 0 radical (unpaired) electrons. The fourth-order valence-corrected chi connectivity index (χ4v) is 14.0. The molecule has 2 unspecified atom stereocenters. The number of amides is 2. The molecule has 26 heteroatoms. The smallest absolute Gasteiger partial charge is 0.444 e. The number of rotatable bonds is 26. The van der Waals surface area contributed by atoms with E-state index in [1.54, 1.807) is 18.4 Å². The molecule has 3 aliphatic heterocycles. The van der Waals surface area contributed by atoms with Crippen molar-refractivity contribution in [2.45, 2.75) is 232 Å². The predicted molar refractivity (Wildman–Crippen MR) is 390 cm³/mol. The average Bonchev–Trinajstić information content (AvgIpc) is 1.47. The zero-order valence-corrected chi connectivity index (χ0v) is 66.3. The van der Waals surface area contributed by atoms with Crippen LogP contribution in [0.4, 0.5) is 21.2 Å². The Hall–Kier alpha value is -3.97. The minimum atomic E-state index is -1.23. The van der Waals surface area contributed by atoms with Crippen LogP contribution in [0.15, 0.2) is 48.1 Å². The van der Waals surface area contributed by atoms with Crippen molar-refractivity contribution < 1.29 is 47.3 Å². The predicted octanol–water partition coefficient (Wildman–Crippen LogP) is 15.8. The summed E-state index contributed by atoms with van der Waals surface area (Å²) in [6.07, 6.45) is 8.49. The number of aromatic nitrogens is 6. The van der Waals surface area contributed by atoms with E-state index < -0.39 is 43.5 Å². The van der Waals surface area contributed by atoms with Crippen LogP contribution in [0.1, 0.15) is 124 Å². The lowest BCUT2D eigenvalue weighted by Gasteiger charge is -2.35. The van der Waals surface area contributed by atoms with Crippen molar-refractivity contribution in [3.8, 4) is 0 Å². The van der Waals surface area contributed by atoms with Gasteiger partial charge in [-0.05, 0) is 135 Å². The molecule has 0 aliphatic carbocycles. The Balaban J connectivity index is 0.000000286. The molecule has 4 aromatic rings. The zero-order chi connectivity index (χ0) is 68.8. The van der Waals surface area contributed by atoms with Crippen LogP contribution in [0.25, 0.3) is 17.4 Å². The molecular formula is C66H118BBrN10O10Si4. The summed E-state index contributed by atoms with van der Waals surface area (Å²) in [6.45, 7) is 62.5. The van der Waals surface area contributed by atoms with E-state index in [9.17, 15) is 9.59 Å². The van der Waals surface area contributed by atoms with Crippen molar-refractivity contribution in [2.75, 3.05) is 89.3 Å². The molecule has 3 fully saturated rings. The molecule has 2 atom stereocenters. The van der Waals surface area contributed by atoms with E-state index in [1.165, 1.54) is 0 Å². The van der Waals surface area contributed by atoms with E-state index in [0.717, 1.165) is 94.2 Å². The lowest BCUT2D eigenvalue weighted by molar-refractivity contribution is 0.00578. The number of fused-ring (bicyclic) bond motifs is 2. The third kappa shape index (κ3) is 25.2. The Morgan fingerprint density at radius 2 is 0.957 bits per heavy atom. The fraction of sp³-hybridized carbons (Fsp3) is 0.727. The molecule has 0 saturated carbocycles. The summed E-state index contributed by atoms with van der Waals surface area (Å²) < 4.78 is 52.0. The second-order valence-corrected chi connectivity index (χ2v) is 55.9. The van der Waals surface area contributed by atoms with E-state index in [1.807, 2.05) is 106 Å². The number of hydrogen-bond donors (Lipinski definition) is 0. The summed E-state index contributed by atoms with van der Waals surface area (Å²) in [5.41, 5.74) is 2.73. The number of likely N-dealkylation sites (tertiary alicyclic amines) is 2. The van der Waals surface area contributed by atoms with Crippen molar-refractivity contribution in [3.63, 3.8) is 0 Å². The molecule has 20 nitrogen and oxygen atoms in total. The van der Waals surface area contributed by atoms with Crippen LogP contribution in [0.3, 0.4) is 0 Å². The van der Waals surface area contributed by atoms with Gasteiger partial charge in [-0.2, -0.15) is 19.2 Å². The van der Waals surface area contributed by atoms with Gasteiger partial charge in [0, 0.05) is 114 Å². The van der Waals surface area contributed by atoms with Crippen LogP contribution in [-0.4, -0.2) is 193 Å². The Bertz CT molecular complexity index is 2960. The van der Waals surface area contributed by atoms with Gasteiger partial charge in [0.2, 0.25) is 0 Å². The SMILES string of the molecule is C=CB1OC(C)(C)C(C)(C)O1.C=Cc1c(C2CCCN(C(=O)OC(C)(C)C)C2)nc2ccnn2c1N(COCC[Si](C)(C)C)COCC[Si](C)(C)C.CC(C)(C)OC(=O)N1CCCC(c2nc3ccnn3c(N(COCC[Si](C)(C)C)COCC[Si](C)(C)C)c2Br)C1. The average molecular weight is 1410 g/mol. The maximum atomic E-state index is 12.9. The summed E-state index contributed by atoms with van der Waals surface area (Å²) in [4.78, 5) is 43.7. The first-order chi connectivity index (χ1) is 42.5. The van der Waals surface area contributed by atoms with Crippen LogP contribution in [0.5, 0.6) is 0 Å². The number of ether oxygens (including phenoxy) is 6. The van der Waals surface area contributed by atoms with Gasteiger partial charge in [0.1, 0.15) is 43.9 Å². The lowest BCUT2D eigenvalue weighted by Crippen LogP contribution is -2.42. The maximum Gasteiger partial charge on any atom is 0.486 e. The number of carbonyl (C=O) groups excluding carboxylic acids is 2. The number of anilines is 2. The van der Waals surface area contributed by atoms with Gasteiger partial charge >= 0.3 is 19.3 Å². The lowest BCUT2D eigenvalue weighted by atomic mass is 9.90. The van der Waals surface area contributed by atoms with E-state index >= 15 is 0 Å². The van der Waals surface area contributed by atoms with E-state index in [4.69, 9.17) is 47.7 Å². The molecule has 7 rings (SSSR count). The molecule has 7 heterocycles. The molecule has 0 N–H and O–H groups in total. The molecule has 3 aliphatic rings. The summed E-state index contributed by atoms with van der Waals surface area (Å²) in [6, 6.07) is 8.22. The second kappa shape index (κ2) is 33.3. The molecule has 3 saturated heterocycles. The molecule has 0 bridgehead atoms. The van der Waals surface area contributed by atoms with Crippen LogP contribution in [0, 0.1) is 0 Å². The van der Waals surface area contributed by atoms with Crippen LogP contribution >= 0.6 is 15.9 Å². The quantitative estimate of drug-likeness (QED) is 0.0329. The highest BCUT2D eigenvalue weighted by molar-refractivity contribution is 9.10. The Labute approximate surface area is 565 Å². The molecule has 4 aromatic heterocycles. The molecule has 0 spiro atoms. The number of carbonyl (C=O) groups is 2. The topological polar surface area (TPSA) is 181 Å². The van der Waals surface area contributed by atoms with Crippen molar-refractivity contribution in [1.29, 1.82) is 0 Å². The van der Waals surface area contributed by atoms with Crippen molar-refractivity contribution >= 4 is 96.5 Å².